The molecule has 1 aliphatic rings. The second-order valence-corrected chi connectivity index (χ2v) is 4.67. The van der Waals surface area contributed by atoms with Crippen LogP contribution < -0.4 is 10.6 Å². The molecule has 3 nitrogen and oxygen atoms in total. The van der Waals surface area contributed by atoms with E-state index in [2.05, 4.69) is 10.6 Å². The topological polar surface area (TPSA) is 41.1 Å². The average Bonchev–Trinajstić information content (AvgIpc) is 2.39. The first-order valence-corrected chi connectivity index (χ1v) is 6.40. The number of carbonyl (C=O) groups excluding carboxylic acids is 1. The van der Waals surface area contributed by atoms with Crippen molar-refractivity contribution in [3.8, 4) is 0 Å². The van der Waals surface area contributed by atoms with Crippen LogP contribution in [0.3, 0.4) is 0 Å². The molecular weight excluding hydrogens is 212 g/mol. The van der Waals surface area contributed by atoms with E-state index in [9.17, 15) is 4.79 Å². The summed E-state index contributed by atoms with van der Waals surface area (Å²) in [6.45, 7) is 2.20. The van der Waals surface area contributed by atoms with Gasteiger partial charge in [-0.1, -0.05) is 18.2 Å². The number of benzene rings is 1. The Morgan fingerprint density at radius 2 is 2.18 bits per heavy atom. The van der Waals surface area contributed by atoms with Gasteiger partial charge < -0.3 is 10.6 Å². The zero-order valence-electron chi connectivity index (χ0n) is 10.1. The van der Waals surface area contributed by atoms with Crippen LogP contribution in [0.5, 0.6) is 0 Å². The molecule has 1 aromatic carbocycles. The lowest BCUT2D eigenvalue weighted by Crippen LogP contribution is -2.30. The zero-order chi connectivity index (χ0) is 11.9. The monoisotopic (exact) mass is 232 g/mol. The molecule has 1 fully saturated rings. The van der Waals surface area contributed by atoms with E-state index in [0.717, 1.165) is 25.2 Å². The molecule has 1 aromatic rings. The quantitative estimate of drug-likeness (QED) is 0.837. The normalized spacial score (nSPS) is 19.9. The minimum atomic E-state index is 0.127. The maximum atomic E-state index is 11.7. The number of amides is 1. The molecule has 1 aliphatic heterocycles. The zero-order valence-corrected chi connectivity index (χ0v) is 10.1. The Balaban J connectivity index is 1.70. The second-order valence-electron chi connectivity index (χ2n) is 4.67. The summed E-state index contributed by atoms with van der Waals surface area (Å²) < 4.78 is 0. The van der Waals surface area contributed by atoms with Crippen molar-refractivity contribution in [2.24, 2.45) is 5.92 Å². The number of rotatable bonds is 4. The van der Waals surface area contributed by atoms with Crippen LogP contribution >= 0.6 is 0 Å². The fourth-order valence-electron chi connectivity index (χ4n) is 2.25. The summed E-state index contributed by atoms with van der Waals surface area (Å²) in [6.07, 6.45) is 4.11. The summed E-state index contributed by atoms with van der Waals surface area (Å²) in [5.41, 5.74) is 0.888. The standard InChI is InChI=1S/C14H20N2O/c17-14(16-13-6-2-1-3-7-13)9-8-12-5-4-10-15-11-12/h1-3,6-7,12,15H,4-5,8-11H2,(H,16,17)/t12-/m0/s1. The van der Waals surface area contributed by atoms with E-state index in [1.165, 1.54) is 12.8 Å². The second kappa shape index (κ2) is 6.40. The number of piperidine rings is 1. The Hall–Kier alpha value is -1.35. The molecule has 1 atom stereocenters. The van der Waals surface area contributed by atoms with Crippen LogP contribution in [0, 0.1) is 5.92 Å². The van der Waals surface area contributed by atoms with Crippen LogP contribution in [0.15, 0.2) is 30.3 Å². The fourth-order valence-corrected chi connectivity index (χ4v) is 2.25. The lowest BCUT2D eigenvalue weighted by Gasteiger charge is -2.22. The number of hydrogen-bond acceptors (Lipinski definition) is 2. The van der Waals surface area contributed by atoms with Gasteiger partial charge in [-0.2, -0.15) is 0 Å². The van der Waals surface area contributed by atoms with Crippen molar-refractivity contribution in [1.82, 2.24) is 5.32 Å². The van der Waals surface area contributed by atoms with E-state index >= 15 is 0 Å². The molecule has 1 amide bonds. The van der Waals surface area contributed by atoms with E-state index in [1.54, 1.807) is 0 Å². The highest BCUT2D eigenvalue weighted by atomic mass is 16.1. The van der Waals surface area contributed by atoms with Gasteiger partial charge in [-0.3, -0.25) is 4.79 Å². The summed E-state index contributed by atoms with van der Waals surface area (Å²) >= 11 is 0. The van der Waals surface area contributed by atoms with Crippen molar-refractivity contribution in [1.29, 1.82) is 0 Å². The first-order valence-electron chi connectivity index (χ1n) is 6.40. The van der Waals surface area contributed by atoms with Crippen LogP contribution in [0.1, 0.15) is 25.7 Å². The van der Waals surface area contributed by atoms with Crippen molar-refractivity contribution in [2.45, 2.75) is 25.7 Å². The molecule has 2 rings (SSSR count). The van der Waals surface area contributed by atoms with E-state index < -0.39 is 0 Å². The highest BCUT2D eigenvalue weighted by Gasteiger charge is 2.14. The number of carbonyl (C=O) groups is 1. The van der Waals surface area contributed by atoms with Gasteiger partial charge >= 0.3 is 0 Å². The SMILES string of the molecule is O=C(CC[C@@H]1CCCNC1)Nc1ccccc1. The highest BCUT2D eigenvalue weighted by molar-refractivity contribution is 5.90. The lowest BCUT2D eigenvalue weighted by molar-refractivity contribution is -0.116. The van der Waals surface area contributed by atoms with Crippen molar-refractivity contribution in [3.63, 3.8) is 0 Å². The van der Waals surface area contributed by atoms with Gasteiger partial charge in [0.15, 0.2) is 0 Å². The van der Waals surface area contributed by atoms with E-state index in [-0.39, 0.29) is 5.91 Å². The molecule has 0 aliphatic carbocycles. The minimum absolute atomic E-state index is 0.127. The largest absolute Gasteiger partial charge is 0.326 e. The Kier molecular flexibility index (Phi) is 4.56. The maximum Gasteiger partial charge on any atom is 0.224 e. The predicted molar refractivity (Wildman–Crippen MR) is 69.9 cm³/mol. The smallest absolute Gasteiger partial charge is 0.224 e. The summed E-state index contributed by atoms with van der Waals surface area (Å²) in [5, 5.41) is 6.30. The molecular formula is C14H20N2O. The number of hydrogen-bond donors (Lipinski definition) is 2. The van der Waals surface area contributed by atoms with Crippen molar-refractivity contribution >= 4 is 11.6 Å². The Morgan fingerprint density at radius 3 is 2.88 bits per heavy atom. The van der Waals surface area contributed by atoms with E-state index in [4.69, 9.17) is 0 Å². The first-order chi connectivity index (χ1) is 8.34. The molecule has 0 unspecified atom stereocenters. The Bertz CT molecular complexity index is 344. The van der Waals surface area contributed by atoms with Crippen LogP contribution in [0.25, 0.3) is 0 Å². The summed E-state index contributed by atoms with van der Waals surface area (Å²) in [5.74, 6) is 0.798. The third kappa shape index (κ3) is 4.19. The fraction of sp³-hybridized carbons (Fsp3) is 0.500. The van der Waals surface area contributed by atoms with Crippen molar-refractivity contribution in [3.05, 3.63) is 30.3 Å². The van der Waals surface area contributed by atoms with Crippen LogP contribution in [0.2, 0.25) is 0 Å². The summed E-state index contributed by atoms with van der Waals surface area (Å²) in [6, 6.07) is 9.64. The number of nitrogens with one attached hydrogen (secondary N) is 2. The highest BCUT2D eigenvalue weighted by Crippen LogP contribution is 2.16. The first kappa shape index (κ1) is 12.1. The van der Waals surface area contributed by atoms with Gasteiger partial charge in [-0.05, 0) is 50.4 Å². The molecule has 17 heavy (non-hydrogen) atoms. The molecule has 1 heterocycles. The molecule has 92 valence electrons. The molecule has 0 bridgehead atoms. The molecule has 0 saturated carbocycles. The summed E-state index contributed by atoms with van der Waals surface area (Å²) in [4.78, 5) is 11.7. The maximum absolute atomic E-state index is 11.7. The van der Waals surface area contributed by atoms with Crippen molar-refractivity contribution < 1.29 is 4.79 Å². The third-order valence-corrected chi connectivity index (χ3v) is 3.24. The third-order valence-electron chi connectivity index (χ3n) is 3.24. The number of anilines is 1. The average molecular weight is 232 g/mol. The minimum Gasteiger partial charge on any atom is -0.326 e. The Morgan fingerprint density at radius 1 is 1.35 bits per heavy atom. The van der Waals surface area contributed by atoms with Crippen molar-refractivity contribution in [2.75, 3.05) is 18.4 Å². The summed E-state index contributed by atoms with van der Waals surface area (Å²) in [7, 11) is 0. The van der Waals surface area contributed by atoms with Crippen LogP contribution in [-0.4, -0.2) is 19.0 Å². The molecule has 0 aromatic heterocycles. The molecule has 3 heteroatoms. The van der Waals surface area contributed by atoms with Crippen LogP contribution in [0.4, 0.5) is 5.69 Å². The lowest BCUT2D eigenvalue weighted by atomic mass is 9.94. The van der Waals surface area contributed by atoms with E-state index in [1.807, 2.05) is 30.3 Å². The van der Waals surface area contributed by atoms with Gasteiger partial charge in [0.1, 0.15) is 0 Å². The molecule has 1 saturated heterocycles. The van der Waals surface area contributed by atoms with Gasteiger partial charge in [-0.15, -0.1) is 0 Å². The molecule has 0 radical (unpaired) electrons. The van der Waals surface area contributed by atoms with Gasteiger partial charge in [-0.25, -0.2) is 0 Å². The van der Waals surface area contributed by atoms with Gasteiger partial charge in [0, 0.05) is 12.1 Å². The van der Waals surface area contributed by atoms with Gasteiger partial charge in [0.05, 0.1) is 0 Å². The van der Waals surface area contributed by atoms with Gasteiger partial charge in [0.2, 0.25) is 5.91 Å². The molecule has 0 spiro atoms. The number of para-hydroxylation sites is 1. The van der Waals surface area contributed by atoms with Gasteiger partial charge in [0.25, 0.3) is 0 Å². The predicted octanol–water partition coefficient (Wildman–Crippen LogP) is 2.40. The molecule has 2 N–H and O–H groups in total. The van der Waals surface area contributed by atoms with E-state index in [0.29, 0.717) is 12.3 Å². The van der Waals surface area contributed by atoms with Crippen LogP contribution in [-0.2, 0) is 4.79 Å². The Labute approximate surface area is 103 Å².